The highest BCUT2D eigenvalue weighted by molar-refractivity contribution is 6.31. The molecule has 2 N–H and O–H groups in total. The summed E-state index contributed by atoms with van der Waals surface area (Å²) in [5, 5.41) is 14.8. The molecule has 0 unspecified atom stereocenters. The number of aromatic nitrogens is 3. The van der Waals surface area contributed by atoms with Crippen LogP contribution in [0.3, 0.4) is 0 Å². The average molecular weight is 370 g/mol. The van der Waals surface area contributed by atoms with Gasteiger partial charge in [-0.2, -0.15) is 10.1 Å². The monoisotopic (exact) mass is 369 g/mol. The lowest BCUT2D eigenvalue weighted by atomic mass is 10.2. The predicted molar refractivity (Wildman–Crippen MR) is 100 cm³/mol. The molecule has 26 heavy (non-hydrogen) atoms. The van der Waals surface area contributed by atoms with Gasteiger partial charge >= 0.3 is 5.97 Å². The number of carbonyl (C=O) groups is 1. The lowest BCUT2D eigenvalue weighted by Gasteiger charge is -2.10. The normalized spacial score (nSPS) is 10.3. The van der Waals surface area contributed by atoms with Crippen molar-refractivity contribution in [1.82, 2.24) is 15.2 Å². The van der Waals surface area contributed by atoms with Gasteiger partial charge in [0, 0.05) is 16.4 Å². The SMILES string of the molecule is COC(=O)c1ccc(Nc2cnnc(Nc3cccc(Cl)c3C)n2)cc1. The summed E-state index contributed by atoms with van der Waals surface area (Å²) in [4.78, 5) is 15.8. The molecule has 132 valence electrons. The zero-order valence-electron chi connectivity index (χ0n) is 14.2. The topological polar surface area (TPSA) is 89.0 Å². The van der Waals surface area contributed by atoms with Crippen molar-refractivity contribution in [2.24, 2.45) is 0 Å². The molecule has 0 saturated carbocycles. The summed E-state index contributed by atoms with van der Waals surface area (Å²) >= 11 is 6.12. The zero-order valence-corrected chi connectivity index (χ0v) is 14.9. The molecule has 3 aromatic rings. The van der Waals surface area contributed by atoms with E-state index in [9.17, 15) is 4.79 Å². The zero-order chi connectivity index (χ0) is 18.5. The van der Waals surface area contributed by atoms with Crippen molar-refractivity contribution in [3.05, 3.63) is 64.8 Å². The van der Waals surface area contributed by atoms with Crippen LogP contribution in [0.25, 0.3) is 0 Å². The molecule has 0 aliphatic carbocycles. The van der Waals surface area contributed by atoms with E-state index in [1.54, 1.807) is 24.3 Å². The molecule has 7 nitrogen and oxygen atoms in total. The highest BCUT2D eigenvalue weighted by atomic mass is 35.5. The Bertz CT molecular complexity index is 931. The van der Waals surface area contributed by atoms with E-state index < -0.39 is 0 Å². The lowest BCUT2D eigenvalue weighted by Crippen LogP contribution is -2.04. The Hall–Kier alpha value is -3.19. The van der Waals surface area contributed by atoms with Crippen molar-refractivity contribution < 1.29 is 9.53 Å². The number of carbonyl (C=O) groups excluding carboxylic acids is 1. The van der Waals surface area contributed by atoms with Crippen molar-refractivity contribution in [1.29, 1.82) is 0 Å². The summed E-state index contributed by atoms with van der Waals surface area (Å²) in [6, 6.07) is 12.4. The second-order valence-electron chi connectivity index (χ2n) is 5.40. The van der Waals surface area contributed by atoms with E-state index in [2.05, 4.69) is 30.6 Å². The van der Waals surface area contributed by atoms with Gasteiger partial charge in [0.15, 0.2) is 5.82 Å². The third-order valence-corrected chi connectivity index (χ3v) is 4.06. The van der Waals surface area contributed by atoms with Crippen molar-refractivity contribution in [3.63, 3.8) is 0 Å². The molecule has 0 aliphatic heterocycles. The van der Waals surface area contributed by atoms with Crippen LogP contribution in [0.4, 0.5) is 23.1 Å². The molecule has 1 heterocycles. The smallest absolute Gasteiger partial charge is 0.337 e. The second kappa shape index (κ2) is 7.79. The number of esters is 1. The van der Waals surface area contributed by atoms with E-state index in [1.807, 2.05) is 25.1 Å². The standard InChI is InChI=1S/C18H16ClN5O2/c1-11-14(19)4-3-5-15(11)22-18-23-16(10-20-24-18)21-13-8-6-12(7-9-13)17(25)26-2/h3-10H,1-2H3,(H2,21,22,23,24). The lowest BCUT2D eigenvalue weighted by molar-refractivity contribution is 0.0601. The molecule has 0 amide bonds. The fourth-order valence-corrected chi connectivity index (χ4v) is 2.41. The maximum atomic E-state index is 11.5. The summed E-state index contributed by atoms with van der Waals surface area (Å²) in [5.41, 5.74) is 2.93. The fourth-order valence-electron chi connectivity index (χ4n) is 2.24. The fraction of sp³-hybridized carbons (Fsp3) is 0.111. The third-order valence-electron chi connectivity index (χ3n) is 3.65. The maximum Gasteiger partial charge on any atom is 0.337 e. The Morgan fingerprint density at radius 3 is 2.62 bits per heavy atom. The number of methoxy groups -OCH3 is 1. The first-order valence-corrected chi connectivity index (χ1v) is 8.12. The van der Waals surface area contributed by atoms with Crippen molar-refractivity contribution in [2.45, 2.75) is 6.92 Å². The quantitative estimate of drug-likeness (QED) is 0.654. The number of hydrogen-bond donors (Lipinski definition) is 2. The first-order chi connectivity index (χ1) is 12.6. The highest BCUT2D eigenvalue weighted by Crippen LogP contribution is 2.25. The summed E-state index contributed by atoms with van der Waals surface area (Å²) in [6.07, 6.45) is 1.50. The van der Waals surface area contributed by atoms with E-state index in [4.69, 9.17) is 11.6 Å². The van der Waals surface area contributed by atoms with Gasteiger partial charge in [-0.3, -0.25) is 0 Å². The number of nitrogens with zero attached hydrogens (tertiary/aromatic N) is 3. The Morgan fingerprint density at radius 1 is 1.12 bits per heavy atom. The van der Waals surface area contributed by atoms with Crippen LogP contribution in [0.2, 0.25) is 5.02 Å². The summed E-state index contributed by atoms with van der Waals surface area (Å²) in [7, 11) is 1.34. The van der Waals surface area contributed by atoms with Gasteiger partial charge in [0.1, 0.15) is 0 Å². The van der Waals surface area contributed by atoms with Crippen LogP contribution >= 0.6 is 11.6 Å². The number of anilines is 4. The van der Waals surface area contributed by atoms with E-state index in [0.717, 1.165) is 16.9 Å². The van der Waals surface area contributed by atoms with Gasteiger partial charge in [-0.25, -0.2) is 4.79 Å². The molecule has 0 bridgehead atoms. The van der Waals surface area contributed by atoms with E-state index in [-0.39, 0.29) is 5.97 Å². The molecular formula is C18H16ClN5O2. The molecule has 1 aromatic heterocycles. The number of rotatable bonds is 5. The second-order valence-corrected chi connectivity index (χ2v) is 5.80. The Labute approximate surface area is 155 Å². The number of hydrogen-bond acceptors (Lipinski definition) is 7. The first-order valence-electron chi connectivity index (χ1n) is 7.74. The molecule has 0 atom stereocenters. The molecule has 2 aromatic carbocycles. The number of nitrogens with one attached hydrogen (secondary N) is 2. The minimum Gasteiger partial charge on any atom is -0.465 e. The molecule has 0 aliphatic rings. The minimum atomic E-state index is -0.386. The number of halogens is 1. The number of benzene rings is 2. The number of ether oxygens (including phenoxy) is 1. The van der Waals surface area contributed by atoms with Crippen LogP contribution in [0.1, 0.15) is 15.9 Å². The molecular weight excluding hydrogens is 354 g/mol. The summed E-state index contributed by atoms with van der Waals surface area (Å²) in [5.74, 6) is 0.461. The van der Waals surface area contributed by atoms with Crippen LogP contribution in [0.5, 0.6) is 0 Å². The van der Waals surface area contributed by atoms with E-state index in [1.165, 1.54) is 13.3 Å². The van der Waals surface area contributed by atoms with Gasteiger partial charge in [-0.15, -0.1) is 5.10 Å². The van der Waals surface area contributed by atoms with Crippen LogP contribution in [-0.2, 0) is 4.74 Å². The third kappa shape index (κ3) is 4.07. The van der Waals surface area contributed by atoms with Gasteiger partial charge in [-0.1, -0.05) is 17.7 Å². The van der Waals surface area contributed by atoms with Gasteiger partial charge < -0.3 is 15.4 Å². The highest BCUT2D eigenvalue weighted by Gasteiger charge is 2.07. The molecule has 0 spiro atoms. The molecule has 0 saturated heterocycles. The molecule has 0 fully saturated rings. The molecule has 0 radical (unpaired) electrons. The maximum absolute atomic E-state index is 11.5. The van der Waals surface area contributed by atoms with Crippen LogP contribution in [-0.4, -0.2) is 28.3 Å². The van der Waals surface area contributed by atoms with Crippen LogP contribution in [0, 0.1) is 6.92 Å². The van der Waals surface area contributed by atoms with Crippen molar-refractivity contribution in [2.75, 3.05) is 17.7 Å². The molecule has 3 rings (SSSR count). The first kappa shape index (κ1) is 17.6. The van der Waals surface area contributed by atoms with E-state index in [0.29, 0.717) is 22.4 Å². The Balaban J connectivity index is 1.75. The largest absolute Gasteiger partial charge is 0.465 e. The van der Waals surface area contributed by atoms with Gasteiger partial charge in [-0.05, 0) is 48.9 Å². The van der Waals surface area contributed by atoms with Gasteiger partial charge in [0.2, 0.25) is 5.95 Å². The summed E-state index contributed by atoms with van der Waals surface area (Å²) in [6.45, 7) is 1.91. The Morgan fingerprint density at radius 2 is 1.88 bits per heavy atom. The van der Waals surface area contributed by atoms with E-state index >= 15 is 0 Å². The van der Waals surface area contributed by atoms with Crippen molar-refractivity contribution in [3.8, 4) is 0 Å². The minimum absolute atomic E-state index is 0.339. The van der Waals surface area contributed by atoms with Crippen LogP contribution < -0.4 is 10.6 Å². The summed E-state index contributed by atoms with van der Waals surface area (Å²) < 4.78 is 4.68. The van der Waals surface area contributed by atoms with Crippen LogP contribution in [0.15, 0.2) is 48.7 Å². The predicted octanol–water partition coefficient (Wildman–Crippen LogP) is 4.11. The Kier molecular flexibility index (Phi) is 5.28. The average Bonchev–Trinajstić information content (AvgIpc) is 2.66. The molecule has 8 heteroatoms. The van der Waals surface area contributed by atoms with Gasteiger partial charge in [0.25, 0.3) is 0 Å². The van der Waals surface area contributed by atoms with Gasteiger partial charge in [0.05, 0.1) is 18.9 Å². The van der Waals surface area contributed by atoms with Crippen molar-refractivity contribution >= 4 is 40.7 Å².